The minimum atomic E-state index is -0.982. The molecule has 4 unspecified atom stereocenters. The molecule has 4 aliphatic rings. The number of pyridine rings is 2. The largest absolute Gasteiger partial charge is 0.357 e. The maximum Gasteiger partial charge on any atom is 0.254 e. The Hall–Kier alpha value is -4.31. The summed E-state index contributed by atoms with van der Waals surface area (Å²) in [7, 11) is 0. The molecule has 0 radical (unpaired) electrons. The number of rotatable bonds is 9. The molecule has 7 rings (SSSR count). The van der Waals surface area contributed by atoms with Crippen LogP contribution in [0.1, 0.15) is 67.6 Å². The first-order chi connectivity index (χ1) is 21.1. The molecule has 226 valence electrons. The number of hydrogen-bond acceptors (Lipinski definition) is 6. The average Bonchev–Trinajstić information content (AvgIpc) is 3.26. The van der Waals surface area contributed by atoms with Crippen LogP contribution in [0.25, 0.3) is 0 Å². The highest BCUT2D eigenvalue weighted by Gasteiger charge is 2.59. The fourth-order valence-corrected chi connectivity index (χ4v) is 8.35. The predicted octanol–water partition coefficient (Wildman–Crippen LogP) is 5.98. The Bertz CT molecular complexity index is 1550. The van der Waals surface area contributed by atoms with Gasteiger partial charge < -0.3 is 5.32 Å². The quantitative estimate of drug-likeness (QED) is 0.244. The number of carbonyl (C=O) groups excluding carboxylic acids is 2. The summed E-state index contributed by atoms with van der Waals surface area (Å²) < 4.78 is 0. The van der Waals surface area contributed by atoms with Crippen molar-refractivity contribution in [1.29, 1.82) is 5.26 Å². The summed E-state index contributed by atoms with van der Waals surface area (Å²) in [5, 5.41) is 12.8. The van der Waals surface area contributed by atoms with E-state index < -0.39 is 5.54 Å². The third-order valence-electron chi connectivity index (χ3n) is 10.7. The molecule has 2 bridgehead atoms. The lowest BCUT2D eigenvalue weighted by molar-refractivity contribution is -0.154. The predicted molar refractivity (Wildman–Crippen MR) is 169 cm³/mol. The van der Waals surface area contributed by atoms with Gasteiger partial charge in [-0.25, -0.2) is 0 Å². The van der Waals surface area contributed by atoms with E-state index in [0.29, 0.717) is 71.3 Å². The minimum absolute atomic E-state index is 0.00832. The third-order valence-corrected chi connectivity index (χ3v) is 10.7. The van der Waals surface area contributed by atoms with E-state index in [4.69, 9.17) is 0 Å². The van der Waals surface area contributed by atoms with E-state index in [0.717, 1.165) is 17.5 Å². The molecular weight excluding hydrogens is 546 g/mol. The maximum atomic E-state index is 14.9. The molecule has 3 saturated carbocycles. The number of fused-ring (bicyclic) bond motifs is 2. The van der Waals surface area contributed by atoms with Crippen LogP contribution in [0, 0.1) is 46.3 Å². The molecule has 2 aromatic heterocycles. The van der Waals surface area contributed by atoms with Crippen LogP contribution in [0.4, 0.5) is 0 Å². The normalized spacial score (nSPS) is 25.8. The van der Waals surface area contributed by atoms with Gasteiger partial charge in [0, 0.05) is 55.8 Å². The van der Waals surface area contributed by atoms with E-state index >= 15 is 0 Å². The highest BCUT2D eigenvalue weighted by molar-refractivity contribution is 6.06. The van der Waals surface area contributed by atoms with E-state index in [2.05, 4.69) is 49.0 Å². The van der Waals surface area contributed by atoms with Crippen molar-refractivity contribution < 1.29 is 9.59 Å². The second-order valence-electron chi connectivity index (χ2n) is 13.9. The van der Waals surface area contributed by atoms with E-state index in [1.807, 2.05) is 29.2 Å². The minimum Gasteiger partial charge on any atom is -0.357 e. The average molecular weight is 588 g/mol. The standard InChI is InChI=1S/C37H41N5O2/c1-24(2)34-29(17-30-18-31(34)36(30,3)4)23-42-33(19-32(43)28-7-5-27(22-38)6-8-28)41-37(35(42)44,20-25-9-13-39-14-10-25)21-26-11-15-40-16-12-26/h5-16,19,24,29-31,34,41H,17-18,20-21,23H2,1-4H3. The van der Waals surface area contributed by atoms with Crippen LogP contribution in [0.15, 0.2) is 85.2 Å². The smallest absolute Gasteiger partial charge is 0.254 e. The van der Waals surface area contributed by atoms with E-state index in [1.54, 1.807) is 55.1 Å². The van der Waals surface area contributed by atoms with Gasteiger partial charge in [0.1, 0.15) is 11.4 Å². The number of benzene rings is 1. The van der Waals surface area contributed by atoms with E-state index in [1.165, 1.54) is 6.42 Å². The molecular formula is C37H41N5O2. The molecule has 4 fully saturated rings. The topological polar surface area (TPSA) is 99.0 Å². The lowest BCUT2D eigenvalue weighted by Gasteiger charge is -2.64. The number of hydrogen-bond donors (Lipinski definition) is 1. The molecule has 0 spiro atoms. The summed E-state index contributed by atoms with van der Waals surface area (Å²) >= 11 is 0. The summed E-state index contributed by atoms with van der Waals surface area (Å²) in [4.78, 5) is 38.7. The van der Waals surface area contributed by atoms with Crippen molar-refractivity contribution in [3.05, 3.63) is 107 Å². The van der Waals surface area contributed by atoms with Crippen molar-refractivity contribution in [2.45, 2.75) is 58.9 Å². The van der Waals surface area contributed by atoms with Crippen LogP contribution in [0.3, 0.4) is 0 Å². The number of nitrogens with zero attached hydrogens (tertiary/aromatic N) is 4. The number of nitriles is 1. The zero-order valence-electron chi connectivity index (χ0n) is 26.0. The summed E-state index contributed by atoms with van der Waals surface area (Å²) in [6.07, 6.45) is 11.8. The number of ketones is 1. The monoisotopic (exact) mass is 587 g/mol. The molecule has 3 aromatic rings. The van der Waals surface area contributed by atoms with Crippen LogP contribution in [0.5, 0.6) is 0 Å². The fourth-order valence-electron chi connectivity index (χ4n) is 8.35. The molecule has 4 atom stereocenters. The van der Waals surface area contributed by atoms with Gasteiger partial charge in [0.15, 0.2) is 5.78 Å². The van der Waals surface area contributed by atoms with Gasteiger partial charge in [-0.05, 0) is 108 Å². The van der Waals surface area contributed by atoms with Crippen LogP contribution in [-0.2, 0) is 17.6 Å². The Morgan fingerprint density at radius 1 is 1.00 bits per heavy atom. The Balaban J connectivity index is 1.40. The molecule has 1 aliphatic heterocycles. The summed E-state index contributed by atoms with van der Waals surface area (Å²) in [6.45, 7) is 10.0. The molecule has 44 heavy (non-hydrogen) atoms. The first-order valence-corrected chi connectivity index (χ1v) is 15.8. The zero-order chi connectivity index (χ0) is 31.1. The van der Waals surface area contributed by atoms with Crippen molar-refractivity contribution in [1.82, 2.24) is 20.2 Å². The van der Waals surface area contributed by atoms with Gasteiger partial charge in [0.25, 0.3) is 5.91 Å². The van der Waals surface area contributed by atoms with Crippen LogP contribution >= 0.6 is 0 Å². The molecule has 1 N–H and O–H groups in total. The first kappa shape index (κ1) is 29.7. The number of carbonyl (C=O) groups is 2. The van der Waals surface area contributed by atoms with Gasteiger partial charge in [0.2, 0.25) is 0 Å². The molecule has 1 saturated heterocycles. The van der Waals surface area contributed by atoms with Gasteiger partial charge in [-0.2, -0.15) is 5.26 Å². The third kappa shape index (κ3) is 5.43. The van der Waals surface area contributed by atoms with Gasteiger partial charge in [-0.1, -0.05) is 27.7 Å². The van der Waals surface area contributed by atoms with Crippen molar-refractivity contribution in [2.75, 3.05) is 6.54 Å². The Kier molecular flexibility index (Phi) is 7.88. The van der Waals surface area contributed by atoms with Crippen LogP contribution < -0.4 is 5.32 Å². The molecule has 7 nitrogen and oxygen atoms in total. The number of amides is 1. The van der Waals surface area contributed by atoms with E-state index in [9.17, 15) is 14.9 Å². The maximum absolute atomic E-state index is 14.9. The lowest BCUT2D eigenvalue weighted by atomic mass is 9.41. The van der Waals surface area contributed by atoms with Crippen molar-refractivity contribution in [3.8, 4) is 6.07 Å². The molecule has 3 aliphatic carbocycles. The van der Waals surface area contributed by atoms with Crippen LogP contribution in [-0.4, -0.2) is 38.6 Å². The molecule has 7 heteroatoms. The van der Waals surface area contributed by atoms with Gasteiger partial charge in [-0.3, -0.25) is 24.5 Å². The van der Waals surface area contributed by atoms with Gasteiger partial charge in [-0.15, -0.1) is 0 Å². The Labute approximate surface area is 260 Å². The van der Waals surface area contributed by atoms with Crippen LogP contribution in [0.2, 0.25) is 0 Å². The zero-order valence-corrected chi connectivity index (χ0v) is 26.0. The van der Waals surface area contributed by atoms with Gasteiger partial charge in [0.05, 0.1) is 11.6 Å². The number of allylic oxidation sites excluding steroid dienone is 1. The number of nitrogens with one attached hydrogen (secondary N) is 1. The highest BCUT2D eigenvalue weighted by Crippen LogP contribution is 2.64. The summed E-state index contributed by atoms with van der Waals surface area (Å²) in [5.41, 5.74) is 2.31. The summed E-state index contributed by atoms with van der Waals surface area (Å²) in [6, 6.07) is 16.5. The highest BCUT2D eigenvalue weighted by atomic mass is 16.2. The molecule has 1 aromatic carbocycles. The Morgan fingerprint density at radius 3 is 2.11 bits per heavy atom. The SMILES string of the molecule is CC(C)C1C(CN2C(=O)C(Cc3ccncc3)(Cc3ccncc3)NC2=CC(=O)c2ccc(C#N)cc2)CC2CC1C2(C)C. The number of aromatic nitrogens is 2. The van der Waals surface area contributed by atoms with Gasteiger partial charge >= 0.3 is 0 Å². The Morgan fingerprint density at radius 2 is 1.59 bits per heavy atom. The first-order valence-electron chi connectivity index (χ1n) is 15.8. The fraction of sp³-hybridized carbons (Fsp3) is 0.432. The van der Waals surface area contributed by atoms with Crippen molar-refractivity contribution in [2.24, 2.45) is 35.0 Å². The summed E-state index contributed by atoms with van der Waals surface area (Å²) in [5.74, 6) is 3.00. The second-order valence-corrected chi connectivity index (χ2v) is 13.9. The van der Waals surface area contributed by atoms with Crippen molar-refractivity contribution in [3.63, 3.8) is 0 Å². The second kappa shape index (κ2) is 11.6. The molecule has 1 amide bonds. The van der Waals surface area contributed by atoms with Crippen molar-refractivity contribution >= 4 is 11.7 Å². The lowest BCUT2D eigenvalue weighted by Crippen LogP contribution is -2.59. The molecule has 3 heterocycles. The van der Waals surface area contributed by atoms with E-state index in [-0.39, 0.29) is 11.7 Å².